The quantitative estimate of drug-likeness (QED) is 0.472. The summed E-state index contributed by atoms with van der Waals surface area (Å²) in [7, 11) is 3.45. The van der Waals surface area contributed by atoms with Crippen LogP contribution in [0.3, 0.4) is 0 Å². The molecule has 0 spiro atoms. The summed E-state index contributed by atoms with van der Waals surface area (Å²) < 4.78 is 4.98. The molecule has 0 aliphatic carbocycles. The number of guanidine groups is 1. The zero-order valence-corrected chi connectivity index (χ0v) is 11.6. The standard InChI is InChI=1S/C13H20ClN3O/c1-15-13(16-8-5-9-18-2)17-10-11-6-3-4-7-12(11)14/h3-4,6-7H,5,8-10H2,1-2H3,(H2,15,16,17). The van der Waals surface area contributed by atoms with E-state index in [9.17, 15) is 0 Å². The average Bonchev–Trinajstić information content (AvgIpc) is 2.40. The Kier molecular flexibility index (Phi) is 7.22. The number of methoxy groups -OCH3 is 1. The molecule has 2 N–H and O–H groups in total. The maximum atomic E-state index is 6.08. The number of aliphatic imine (C=N–C) groups is 1. The van der Waals surface area contributed by atoms with E-state index in [1.54, 1.807) is 14.2 Å². The van der Waals surface area contributed by atoms with Crippen molar-refractivity contribution in [3.63, 3.8) is 0 Å². The molecule has 1 aromatic rings. The van der Waals surface area contributed by atoms with Gasteiger partial charge in [-0.05, 0) is 18.1 Å². The third kappa shape index (κ3) is 5.38. The Morgan fingerprint density at radius 2 is 2.11 bits per heavy atom. The summed E-state index contributed by atoms with van der Waals surface area (Å²) in [4.78, 5) is 4.14. The van der Waals surface area contributed by atoms with E-state index in [1.165, 1.54) is 0 Å². The molecule has 0 radical (unpaired) electrons. The summed E-state index contributed by atoms with van der Waals surface area (Å²) in [6, 6.07) is 7.77. The van der Waals surface area contributed by atoms with Gasteiger partial charge < -0.3 is 15.4 Å². The van der Waals surface area contributed by atoms with Gasteiger partial charge in [0, 0.05) is 38.9 Å². The lowest BCUT2D eigenvalue weighted by Gasteiger charge is -2.12. The molecule has 5 heteroatoms. The van der Waals surface area contributed by atoms with Gasteiger partial charge in [-0.2, -0.15) is 0 Å². The summed E-state index contributed by atoms with van der Waals surface area (Å²) in [6.07, 6.45) is 0.948. The number of benzene rings is 1. The third-order valence-electron chi connectivity index (χ3n) is 2.45. The summed E-state index contributed by atoms with van der Waals surface area (Å²) >= 11 is 6.08. The van der Waals surface area contributed by atoms with Crippen molar-refractivity contribution in [3.05, 3.63) is 34.9 Å². The molecule has 18 heavy (non-hydrogen) atoms. The van der Waals surface area contributed by atoms with E-state index in [4.69, 9.17) is 16.3 Å². The minimum atomic E-state index is 0.656. The second-order valence-corrected chi connectivity index (χ2v) is 4.20. The zero-order valence-electron chi connectivity index (χ0n) is 10.9. The van der Waals surface area contributed by atoms with Gasteiger partial charge in [0.1, 0.15) is 0 Å². The normalized spacial score (nSPS) is 11.4. The lowest BCUT2D eigenvalue weighted by molar-refractivity contribution is 0.195. The number of halogens is 1. The van der Waals surface area contributed by atoms with Gasteiger partial charge in [0.2, 0.25) is 0 Å². The maximum Gasteiger partial charge on any atom is 0.191 e. The molecule has 0 aliphatic rings. The molecule has 0 unspecified atom stereocenters. The largest absolute Gasteiger partial charge is 0.385 e. The predicted molar refractivity (Wildman–Crippen MR) is 76.1 cm³/mol. The highest BCUT2D eigenvalue weighted by Crippen LogP contribution is 2.13. The zero-order chi connectivity index (χ0) is 13.2. The second kappa shape index (κ2) is 8.78. The van der Waals surface area contributed by atoms with Crippen molar-refractivity contribution in [3.8, 4) is 0 Å². The van der Waals surface area contributed by atoms with E-state index in [1.807, 2.05) is 24.3 Å². The fraction of sp³-hybridized carbons (Fsp3) is 0.462. The van der Waals surface area contributed by atoms with Gasteiger partial charge in [-0.15, -0.1) is 0 Å². The average molecular weight is 270 g/mol. The molecule has 1 aromatic carbocycles. The molecule has 0 heterocycles. The van der Waals surface area contributed by atoms with Crippen LogP contribution in [0.5, 0.6) is 0 Å². The molecule has 1 rings (SSSR count). The van der Waals surface area contributed by atoms with Gasteiger partial charge in [-0.3, -0.25) is 4.99 Å². The molecule has 4 nitrogen and oxygen atoms in total. The highest BCUT2D eigenvalue weighted by molar-refractivity contribution is 6.31. The fourth-order valence-electron chi connectivity index (χ4n) is 1.46. The highest BCUT2D eigenvalue weighted by Gasteiger charge is 2.00. The lowest BCUT2D eigenvalue weighted by atomic mass is 10.2. The molecule has 0 amide bonds. The van der Waals surface area contributed by atoms with Crippen molar-refractivity contribution >= 4 is 17.6 Å². The maximum absolute atomic E-state index is 6.08. The van der Waals surface area contributed by atoms with Crippen LogP contribution in [0.4, 0.5) is 0 Å². The summed E-state index contributed by atoms with van der Waals surface area (Å²) in [6.45, 7) is 2.23. The number of nitrogens with one attached hydrogen (secondary N) is 2. The minimum Gasteiger partial charge on any atom is -0.385 e. The minimum absolute atomic E-state index is 0.656. The third-order valence-corrected chi connectivity index (χ3v) is 2.81. The van der Waals surface area contributed by atoms with Crippen LogP contribution < -0.4 is 10.6 Å². The smallest absolute Gasteiger partial charge is 0.191 e. The van der Waals surface area contributed by atoms with Gasteiger partial charge in [0.25, 0.3) is 0 Å². The van der Waals surface area contributed by atoms with Crippen molar-refractivity contribution in [2.24, 2.45) is 4.99 Å². The van der Waals surface area contributed by atoms with Crippen molar-refractivity contribution in [1.82, 2.24) is 10.6 Å². The van der Waals surface area contributed by atoms with Crippen LogP contribution in [0.2, 0.25) is 5.02 Å². The van der Waals surface area contributed by atoms with Gasteiger partial charge in [-0.25, -0.2) is 0 Å². The number of nitrogens with zero attached hydrogens (tertiary/aromatic N) is 1. The number of hydrogen-bond donors (Lipinski definition) is 2. The van der Waals surface area contributed by atoms with E-state index >= 15 is 0 Å². The molecular formula is C13H20ClN3O. The van der Waals surface area contributed by atoms with Crippen LogP contribution >= 0.6 is 11.6 Å². The van der Waals surface area contributed by atoms with Gasteiger partial charge in [-0.1, -0.05) is 29.8 Å². The van der Waals surface area contributed by atoms with Gasteiger partial charge >= 0.3 is 0 Å². The Labute approximate surface area is 113 Å². The van der Waals surface area contributed by atoms with Crippen LogP contribution in [0, 0.1) is 0 Å². The van der Waals surface area contributed by atoms with E-state index < -0.39 is 0 Å². The first-order valence-electron chi connectivity index (χ1n) is 5.94. The molecule has 0 fully saturated rings. The van der Waals surface area contributed by atoms with Crippen molar-refractivity contribution in [1.29, 1.82) is 0 Å². The SMILES string of the molecule is CN=C(NCCCOC)NCc1ccccc1Cl. The van der Waals surface area contributed by atoms with Crippen molar-refractivity contribution in [2.75, 3.05) is 27.3 Å². The first-order chi connectivity index (χ1) is 8.77. The topological polar surface area (TPSA) is 45.7 Å². The molecule has 0 bridgehead atoms. The molecule has 0 aromatic heterocycles. The van der Waals surface area contributed by atoms with E-state index in [2.05, 4.69) is 15.6 Å². The first kappa shape index (κ1) is 14.8. The van der Waals surface area contributed by atoms with E-state index in [-0.39, 0.29) is 0 Å². The van der Waals surface area contributed by atoms with Crippen LogP contribution in [-0.2, 0) is 11.3 Å². The molecule has 0 saturated carbocycles. The summed E-state index contributed by atoms with van der Waals surface area (Å²) in [5.41, 5.74) is 1.05. The number of rotatable bonds is 6. The Morgan fingerprint density at radius 1 is 1.33 bits per heavy atom. The van der Waals surface area contributed by atoms with E-state index in [0.717, 1.165) is 36.1 Å². The van der Waals surface area contributed by atoms with Gasteiger partial charge in [0.05, 0.1) is 0 Å². The Balaban J connectivity index is 2.34. The van der Waals surface area contributed by atoms with Crippen LogP contribution in [0.25, 0.3) is 0 Å². The molecular weight excluding hydrogens is 250 g/mol. The first-order valence-corrected chi connectivity index (χ1v) is 6.32. The van der Waals surface area contributed by atoms with E-state index in [0.29, 0.717) is 6.54 Å². The Bertz CT molecular complexity index is 382. The predicted octanol–water partition coefficient (Wildman–Crippen LogP) is 2.04. The molecule has 0 atom stereocenters. The Hall–Kier alpha value is -1.26. The number of hydrogen-bond acceptors (Lipinski definition) is 2. The highest BCUT2D eigenvalue weighted by atomic mass is 35.5. The lowest BCUT2D eigenvalue weighted by Crippen LogP contribution is -2.37. The Morgan fingerprint density at radius 3 is 2.78 bits per heavy atom. The van der Waals surface area contributed by atoms with Gasteiger partial charge in [0.15, 0.2) is 5.96 Å². The summed E-state index contributed by atoms with van der Waals surface area (Å²) in [5, 5.41) is 7.19. The van der Waals surface area contributed by atoms with Crippen LogP contribution in [0.15, 0.2) is 29.3 Å². The molecule has 0 aliphatic heterocycles. The van der Waals surface area contributed by atoms with Crippen LogP contribution in [0.1, 0.15) is 12.0 Å². The monoisotopic (exact) mass is 269 g/mol. The van der Waals surface area contributed by atoms with Crippen molar-refractivity contribution < 1.29 is 4.74 Å². The van der Waals surface area contributed by atoms with Crippen molar-refractivity contribution in [2.45, 2.75) is 13.0 Å². The fourth-order valence-corrected chi connectivity index (χ4v) is 1.67. The molecule has 100 valence electrons. The second-order valence-electron chi connectivity index (χ2n) is 3.79. The summed E-state index contributed by atoms with van der Waals surface area (Å²) in [5.74, 6) is 0.769. The number of ether oxygens (including phenoxy) is 1. The molecule has 0 saturated heterocycles. The van der Waals surface area contributed by atoms with Crippen LogP contribution in [-0.4, -0.2) is 33.3 Å².